The number of ether oxygens (including phenoxy) is 2. The smallest absolute Gasteiger partial charge is 0.387 e. The number of rotatable bonds is 11. The maximum absolute atomic E-state index is 14.3. The van der Waals surface area contributed by atoms with Crippen molar-refractivity contribution in [3.05, 3.63) is 65.1 Å². The van der Waals surface area contributed by atoms with E-state index in [0.29, 0.717) is 18.6 Å². The predicted octanol–water partition coefficient (Wildman–Crippen LogP) is 3.45. The second-order valence-electron chi connectivity index (χ2n) is 8.34. The van der Waals surface area contributed by atoms with E-state index in [2.05, 4.69) is 15.0 Å². The number of nitrogens with zero attached hydrogens (tertiary/aromatic N) is 1. The number of hydrogen-bond acceptors (Lipinski definition) is 8. The summed E-state index contributed by atoms with van der Waals surface area (Å²) in [6.45, 7) is -3.10. The Morgan fingerprint density at radius 1 is 1.16 bits per heavy atom. The predicted molar refractivity (Wildman–Crippen MR) is 121 cm³/mol. The van der Waals surface area contributed by atoms with Crippen molar-refractivity contribution in [1.29, 1.82) is 0 Å². The zero-order valence-electron chi connectivity index (χ0n) is 19.5. The number of nitrogens with two attached hydrogens (primary N) is 1. The van der Waals surface area contributed by atoms with Gasteiger partial charge in [-0.25, -0.2) is 19.2 Å². The highest BCUT2D eigenvalue weighted by molar-refractivity contribution is 5.97. The van der Waals surface area contributed by atoms with Gasteiger partial charge >= 0.3 is 6.61 Å². The lowest BCUT2D eigenvalue weighted by atomic mass is 10.1. The fraction of sp³-hybridized carbons (Fsp3) is 0.292. The summed E-state index contributed by atoms with van der Waals surface area (Å²) in [5.74, 6) is -4.43. The number of aromatic nitrogens is 1. The summed E-state index contributed by atoms with van der Waals surface area (Å²) in [4.78, 5) is 29.3. The van der Waals surface area contributed by atoms with Crippen molar-refractivity contribution < 1.29 is 46.2 Å². The normalized spacial score (nSPS) is 13.8. The zero-order valence-corrected chi connectivity index (χ0v) is 19.5. The molecule has 0 saturated heterocycles. The largest absolute Gasteiger partial charge is 0.489 e. The number of amides is 2. The highest BCUT2D eigenvalue weighted by Crippen LogP contribution is 2.36. The molecule has 202 valence electrons. The quantitative estimate of drug-likeness (QED) is 0.165. The lowest BCUT2D eigenvalue weighted by molar-refractivity contribution is -0.131. The van der Waals surface area contributed by atoms with Gasteiger partial charge in [-0.05, 0) is 43.0 Å². The van der Waals surface area contributed by atoms with Crippen LogP contribution in [0.5, 0.6) is 11.5 Å². The number of carbonyl (C=O) groups excluding carboxylic acids is 2. The number of halogens is 4. The van der Waals surface area contributed by atoms with E-state index in [0.717, 1.165) is 25.0 Å². The molecule has 2 aromatic carbocycles. The summed E-state index contributed by atoms with van der Waals surface area (Å²) < 4.78 is 69.0. The van der Waals surface area contributed by atoms with E-state index in [1.807, 2.05) is 0 Å². The first-order valence-electron chi connectivity index (χ1n) is 11.3. The minimum Gasteiger partial charge on any atom is -0.489 e. The van der Waals surface area contributed by atoms with Crippen LogP contribution in [0.1, 0.15) is 40.7 Å². The van der Waals surface area contributed by atoms with E-state index in [1.54, 1.807) is 0 Å². The molecule has 0 bridgehead atoms. The van der Waals surface area contributed by atoms with Crippen LogP contribution in [0.25, 0.3) is 11.5 Å². The van der Waals surface area contributed by atoms with Crippen LogP contribution in [-0.2, 0) is 11.3 Å². The number of nitrogens with one attached hydrogen (secondary N) is 2. The Morgan fingerprint density at radius 2 is 1.92 bits per heavy atom. The first-order valence-corrected chi connectivity index (χ1v) is 11.3. The molecule has 1 aromatic heterocycles. The van der Waals surface area contributed by atoms with Gasteiger partial charge in [0.05, 0.1) is 13.2 Å². The molecule has 2 amide bonds. The fourth-order valence-electron chi connectivity index (χ4n) is 3.51. The lowest BCUT2D eigenvalue weighted by Gasteiger charge is -2.17. The van der Waals surface area contributed by atoms with Crippen molar-refractivity contribution in [1.82, 2.24) is 15.8 Å². The van der Waals surface area contributed by atoms with Gasteiger partial charge < -0.3 is 24.9 Å². The molecule has 1 heterocycles. The van der Waals surface area contributed by atoms with E-state index in [4.69, 9.17) is 20.1 Å². The number of carbonyl (C=O) groups is 2. The summed E-state index contributed by atoms with van der Waals surface area (Å²) in [7, 11) is 0. The van der Waals surface area contributed by atoms with Gasteiger partial charge in [0.15, 0.2) is 23.0 Å². The first-order chi connectivity index (χ1) is 18.2. The van der Waals surface area contributed by atoms with Gasteiger partial charge in [-0.1, -0.05) is 6.07 Å². The fourth-order valence-corrected chi connectivity index (χ4v) is 3.51. The topological polar surface area (TPSA) is 149 Å². The highest BCUT2D eigenvalue weighted by Gasteiger charge is 2.30. The summed E-state index contributed by atoms with van der Waals surface area (Å²) in [6, 6.07) is 4.46. The van der Waals surface area contributed by atoms with E-state index < -0.39 is 41.7 Å². The monoisotopic (exact) mass is 538 g/mol. The van der Waals surface area contributed by atoms with E-state index >= 15 is 0 Å². The molecule has 38 heavy (non-hydrogen) atoms. The minimum absolute atomic E-state index is 0.0136. The van der Waals surface area contributed by atoms with E-state index in [9.17, 15) is 27.2 Å². The molecular formula is C24H22F4N4O6. The van der Waals surface area contributed by atoms with Crippen molar-refractivity contribution in [2.45, 2.75) is 32.0 Å². The third-order valence-electron chi connectivity index (χ3n) is 5.60. The van der Waals surface area contributed by atoms with Crippen LogP contribution in [0.3, 0.4) is 0 Å². The van der Waals surface area contributed by atoms with Crippen molar-refractivity contribution in [3.8, 4) is 23.0 Å². The molecular weight excluding hydrogens is 516 g/mol. The lowest BCUT2D eigenvalue weighted by Crippen LogP contribution is -2.40. The molecule has 1 aliphatic carbocycles. The van der Waals surface area contributed by atoms with Gasteiger partial charge in [0.25, 0.3) is 11.8 Å². The zero-order chi connectivity index (χ0) is 27.4. The van der Waals surface area contributed by atoms with Gasteiger partial charge in [0.2, 0.25) is 5.89 Å². The number of alkyl halides is 2. The number of hydrogen-bond donors (Lipinski definition) is 4. The Bertz CT molecular complexity index is 1330. The summed E-state index contributed by atoms with van der Waals surface area (Å²) in [5.41, 5.74) is 6.43. The van der Waals surface area contributed by atoms with Gasteiger partial charge in [-0.3, -0.25) is 14.8 Å². The van der Waals surface area contributed by atoms with Crippen LogP contribution < -0.4 is 26.0 Å². The maximum atomic E-state index is 14.3. The number of oxazole rings is 1. The highest BCUT2D eigenvalue weighted by atomic mass is 19.3. The molecule has 0 radical (unpaired) electrons. The van der Waals surface area contributed by atoms with Crippen molar-refractivity contribution >= 4 is 11.8 Å². The van der Waals surface area contributed by atoms with Crippen LogP contribution >= 0.6 is 0 Å². The Morgan fingerprint density at radius 3 is 2.55 bits per heavy atom. The summed E-state index contributed by atoms with van der Waals surface area (Å²) in [6.07, 6.45) is 1.92. The van der Waals surface area contributed by atoms with E-state index in [-0.39, 0.29) is 41.0 Å². The average Bonchev–Trinajstić information content (AvgIpc) is 3.62. The molecule has 3 aromatic rings. The van der Waals surface area contributed by atoms with Crippen LogP contribution in [0.4, 0.5) is 17.6 Å². The molecule has 1 saturated carbocycles. The molecule has 1 unspecified atom stereocenters. The van der Waals surface area contributed by atoms with Gasteiger partial charge in [-0.15, -0.1) is 0 Å². The molecule has 1 aliphatic rings. The third kappa shape index (κ3) is 6.20. The van der Waals surface area contributed by atoms with Crippen molar-refractivity contribution in [3.63, 3.8) is 0 Å². The molecule has 1 fully saturated rings. The Labute approximate surface area is 212 Å². The second kappa shape index (κ2) is 11.5. The molecule has 4 rings (SSSR count). The summed E-state index contributed by atoms with van der Waals surface area (Å²) in [5, 5.41) is 11.3. The second-order valence-corrected chi connectivity index (χ2v) is 8.34. The summed E-state index contributed by atoms with van der Waals surface area (Å²) >= 11 is 0. The van der Waals surface area contributed by atoms with Crippen LogP contribution in [0.15, 0.2) is 40.8 Å². The molecule has 1 atom stereocenters. The van der Waals surface area contributed by atoms with Crippen LogP contribution in [0, 0.1) is 17.6 Å². The molecule has 0 spiro atoms. The van der Waals surface area contributed by atoms with Gasteiger partial charge in [-0.2, -0.15) is 8.78 Å². The number of hydroxylamine groups is 1. The van der Waals surface area contributed by atoms with Crippen LogP contribution in [0.2, 0.25) is 0 Å². The van der Waals surface area contributed by atoms with E-state index in [1.165, 1.54) is 23.7 Å². The van der Waals surface area contributed by atoms with Gasteiger partial charge in [0, 0.05) is 17.2 Å². The molecule has 10 nitrogen and oxygen atoms in total. The maximum Gasteiger partial charge on any atom is 0.387 e. The Hall–Kier alpha value is -4.17. The molecule has 5 N–H and O–H groups in total. The minimum atomic E-state index is -3.08. The number of benzene rings is 2. The Balaban J connectivity index is 1.63. The van der Waals surface area contributed by atoms with Crippen molar-refractivity contribution in [2.24, 2.45) is 11.7 Å². The molecule has 0 aliphatic heterocycles. The SMILES string of the molecule is NCc1oc(-c2ccc(OC(F)F)c(OCC3CC3)c2)nc1C(=O)NC(C(=O)NO)c1ccc(F)cc1F. The molecule has 14 heteroatoms. The van der Waals surface area contributed by atoms with Crippen LogP contribution in [-0.4, -0.2) is 35.2 Å². The third-order valence-corrected chi connectivity index (χ3v) is 5.60. The average molecular weight is 538 g/mol. The standard InChI is InChI=1S/C24H22F4N4O6/c25-13-4-5-14(15(26)8-13)19(22(34)32-35)30-21(33)20-18(9-29)37-23(31-20)12-3-6-16(38-24(27)28)17(7-12)36-10-11-1-2-11/h3-8,11,19,24,35H,1-2,9-10,29H2,(H,30,33)(H,32,34). The first kappa shape index (κ1) is 26.9. The van der Waals surface area contributed by atoms with Crippen molar-refractivity contribution in [2.75, 3.05) is 6.61 Å². The Kier molecular flexibility index (Phi) is 8.12. The van der Waals surface area contributed by atoms with Gasteiger partial charge in [0.1, 0.15) is 17.7 Å².